The number of amides is 1. The first-order valence-electron chi connectivity index (χ1n) is 10.4. The Morgan fingerprint density at radius 3 is 2.04 bits per heavy atom. The molecule has 0 heterocycles. The molecular weight excluding hydrogens is 320 g/mol. The van der Waals surface area contributed by atoms with Gasteiger partial charge in [0, 0.05) is 12.2 Å². The van der Waals surface area contributed by atoms with Crippen molar-refractivity contribution in [3.63, 3.8) is 0 Å². The van der Waals surface area contributed by atoms with Crippen LogP contribution in [0.25, 0.3) is 0 Å². The molecule has 0 spiro atoms. The average Bonchev–Trinajstić information content (AvgIpc) is 2.48. The summed E-state index contributed by atoms with van der Waals surface area (Å²) in [6.07, 6.45) is 8.66. The molecule has 0 radical (unpaired) electrons. The smallest absolute Gasteiger partial charge is 0.238 e. The third-order valence-electron chi connectivity index (χ3n) is 7.13. The number of rotatable bonds is 5. The number of carbonyl (C=O) groups excluding carboxylic acids is 1. The van der Waals surface area contributed by atoms with Gasteiger partial charge in [0.1, 0.15) is 0 Å². The molecular formula is C23H34N2O. The molecule has 1 aromatic rings. The van der Waals surface area contributed by atoms with E-state index in [1.807, 2.05) is 0 Å². The minimum Gasteiger partial charge on any atom is -0.324 e. The maximum Gasteiger partial charge on any atom is 0.238 e. The summed E-state index contributed by atoms with van der Waals surface area (Å²) in [5.41, 5.74) is 5.04. The van der Waals surface area contributed by atoms with E-state index < -0.39 is 0 Å². The lowest BCUT2D eigenvalue weighted by Crippen LogP contribution is -2.51. The molecule has 0 aliphatic heterocycles. The first-order chi connectivity index (χ1) is 12.3. The Labute approximate surface area is 158 Å². The van der Waals surface area contributed by atoms with Crippen LogP contribution in [-0.2, 0) is 4.79 Å². The molecule has 4 saturated carbocycles. The van der Waals surface area contributed by atoms with Gasteiger partial charge in [-0.05, 0) is 101 Å². The van der Waals surface area contributed by atoms with E-state index in [4.69, 9.17) is 0 Å². The van der Waals surface area contributed by atoms with Crippen molar-refractivity contribution in [1.29, 1.82) is 0 Å². The second kappa shape index (κ2) is 6.67. The lowest BCUT2D eigenvalue weighted by molar-refractivity contribution is -0.118. The van der Waals surface area contributed by atoms with Crippen LogP contribution in [0.3, 0.4) is 0 Å². The highest BCUT2D eigenvalue weighted by Crippen LogP contribution is 2.60. The predicted molar refractivity (Wildman–Crippen MR) is 107 cm³/mol. The van der Waals surface area contributed by atoms with Crippen LogP contribution in [0.1, 0.15) is 55.2 Å². The van der Waals surface area contributed by atoms with E-state index in [-0.39, 0.29) is 5.91 Å². The number of carbonyl (C=O) groups is 1. The number of likely N-dealkylation sites (N-methyl/N-ethyl adjacent to an activating group) is 1. The van der Waals surface area contributed by atoms with E-state index in [2.05, 4.69) is 50.2 Å². The first-order valence-corrected chi connectivity index (χ1v) is 10.4. The number of benzene rings is 1. The number of nitrogens with one attached hydrogen (secondary N) is 1. The Morgan fingerprint density at radius 1 is 1.04 bits per heavy atom. The van der Waals surface area contributed by atoms with Gasteiger partial charge in [0.05, 0.1) is 6.54 Å². The molecule has 5 rings (SSSR count). The fraction of sp³-hybridized carbons (Fsp3) is 0.696. The van der Waals surface area contributed by atoms with Crippen molar-refractivity contribution in [2.24, 2.45) is 23.2 Å². The van der Waals surface area contributed by atoms with Crippen LogP contribution >= 0.6 is 0 Å². The van der Waals surface area contributed by atoms with Crippen LogP contribution in [-0.4, -0.2) is 30.9 Å². The summed E-state index contributed by atoms with van der Waals surface area (Å²) >= 11 is 0. The van der Waals surface area contributed by atoms with Crippen molar-refractivity contribution in [3.05, 3.63) is 28.8 Å². The highest BCUT2D eigenvalue weighted by atomic mass is 16.2. The average molecular weight is 355 g/mol. The van der Waals surface area contributed by atoms with Gasteiger partial charge in [-0.15, -0.1) is 0 Å². The van der Waals surface area contributed by atoms with Crippen LogP contribution in [0, 0.1) is 43.9 Å². The van der Waals surface area contributed by atoms with Crippen LogP contribution < -0.4 is 5.32 Å². The topological polar surface area (TPSA) is 32.3 Å². The number of anilines is 1. The third kappa shape index (κ3) is 3.55. The van der Waals surface area contributed by atoms with Gasteiger partial charge in [-0.2, -0.15) is 0 Å². The molecule has 0 aromatic heterocycles. The standard InChI is InChI=1S/C23H34N2O/c1-15-5-16(2)22(17(3)6-15)24-21(26)13-25(4)14-23-10-18-7-19(11-23)9-20(8-18)12-23/h5-6,18-20H,7-14H2,1-4H3,(H,24,26). The molecule has 4 aliphatic carbocycles. The maximum absolute atomic E-state index is 12.6. The van der Waals surface area contributed by atoms with Gasteiger partial charge in [0.25, 0.3) is 0 Å². The molecule has 0 unspecified atom stereocenters. The minimum absolute atomic E-state index is 0.118. The van der Waals surface area contributed by atoms with Gasteiger partial charge in [-0.25, -0.2) is 0 Å². The SMILES string of the molecule is Cc1cc(C)c(NC(=O)CN(C)CC23CC4CC(CC(C4)C2)C3)c(C)c1. The van der Waals surface area contributed by atoms with E-state index in [1.54, 1.807) is 0 Å². The lowest BCUT2D eigenvalue weighted by atomic mass is 9.49. The van der Waals surface area contributed by atoms with Crippen molar-refractivity contribution < 1.29 is 4.79 Å². The van der Waals surface area contributed by atoms with E-state index in [0.717, 1.165) is 41.1 Å². The van der Waals surface area contributed by atoms with Crippen LogP contribution in [0.5, 0.6) is 0 Å². The van der Waals surface area contributed by atoms with Gasteiger partial charge >= 0.3 is 0 Å². The molecule has 0 atom stereocenters. The second-order valence-corrected chi connectivity index (χ2v) is 9.91. The van der Waals surface area contributed by atoms with Crippen molar-refractivity contribution in [1.82, 2.24) is 4.90 Å². The first kappa shape index (κ1) is 18.0. The van der Waals surface area contributed by atoms with Crippen LogP contribution in [0.4, 0.5) is 5.69 Å². The molecule has 142 valence electrons. The summed E-state index contributed by atoms with van der Waals surface area (Å²) in [7, 11) is 2.13. The highest BCUT2D eigenvalue weighted by molar-refractivity contribution is 5.93. The Bertz CT molecular complexity index is 650. The zero-order valence-electron chi connectivity index (χ0n) is 16.9. The van der Waals surface area contributed by atoms with Crippen molar-refractivity contribution >= 4 is 11.6 Å². The fourth-order valence-corrected chi connectivity index (χ4v) is 6.91. The summed E-state index contributed by atoms with van der Waals surface area (Å²) < 4.78 is 0. The summed E-state index contributed by atoms with van der Waals surface area (Å²) in [6, 6.07) is 4.28. The van der Waals surface area contributed by atoms with Crippen molar-refractivity contribution in [3.8, 4) is 0 Å². The fourth-order valence-electron chi connectivity index (χ4n) is 6.91. The van der Waals surface area contributed by atoms with Crippen LogP contribution in [0.15, 0.2) is 12.1 Å². The van der Waals surface area contributed by atoms with E-state index >= 15 is 0 Å². The van der Waals surface area contributed by atoms with Gasteiger partial charge in [-0.1, -0.05) is 17.7 Å². The molecule has 1 N–H and O–H groups in total. The molecule has 3 nitrogen and oxygen atoms in total. The zero-order valence-corrected chi connectivity index (χ0v) is 16.9. The van der Waals surface area contributed by atoms with E-state index in [9.17, 15) is 4.79 Å². The van der Waals surface area contributed by atoms with Crippen molar-refractivity contribution in [2.45, 2.75) is 59.3 Å². The molecule has 4 aliphatic rings. The molecule has 1 aromatic carbocycles. The van der Waals surface area contributed by atoms with Crippen LogP contribution in [0.2, 0.25) is 0 Å². The Hall–Kier alpha value is -1.35. The monoisotopic (exact) mass is 354 g/mol. The molecule has 1 amide bonds. The lowest BCUT2D eigenvalue weighted by Gasteiger charge is -2.57. The zero-order chi connectivity index (χ0) is 18.5. The summed E-state index contributed by atoms with van der Waals surface area (Å²) in [6.45, 7) is 7.85. The van der Waals surface area contributed by atoms with Gasteiger partial charge in [-0.3, -0.25) is 9.69 Å². The van der Waals surface area contributed by atoms with Gasteiger partial charge in [0.2, 0.25) is 5.91 Å². The molecule has 0 saturated heterocycles. The Morgan fingerprint density at radius 2 is 1.54 bits per heavy atom. The molecule has 4 fully saturated rings. The quantitative estimate of drug-likeness (QED) is 0.831. The largest absolute Gasteiger partial charge is 0.324 e. The van der Waals surface area contributed by atoms with Gasteiger partial charge < -0.3 is 5.32 Å². The molecule has 26 heavy (non-hydrogen) atoms. The van der Waals surface area contributed by atoms with E-state index in [0.29, 0.717) is 12.0 Å². The number of hydrogen-bond acceptors (Lipinski definition) is 2. The summed E-state index contributed by atoms with van der Waals surface area (Å²) in [5.74, 6) is 3.04. The normalized spacial score (nSPS) is 32.3. The minimum atomic E-state index is 0.118. The number of nitrogens with zero attached hydrogens (tertiary/aromatic N) is 1. The van der Waals surface area contributed by atoms with Crippen molar-refractivity contribution in [2.75, 3.05) is 25.5 Å². The Kier molecular flexibility index (Phi) is 4.63. The summed E-state index contributed by atoms with van der Waals surface area (Å²) in [4.78, 5) is 14.9. The summed E-state index contributed by atoms with van der Waals surface area (Å²) in [5, 5.41) is 3.16. The molecule has 4 bridgehead atoms. The number of hydrogen-bond donors (Lipinski definition) is 1. The Balaban J connectivity index is 1.36. The number of aryl methyl sites for hydroxylation is 3. The van der Waals surface area contributed by atoms with E-state index in [1.165, 1.54) is 44.1 Å². The predicted octanol–water partition coefficient (Wildman–Crippen LogP) is 4.70. The van der Waals surface area contributed by atoms with Gasteiger partial charge in [0.15, 0.2) is 0 Å². The third-order valence-corrected chi connectivity index (χ3v) is 7.13. The highest BCUT2D eigenvalue weighted by Gasteiger charge is 2.51. The maximum atomic E-state index is 12.6. The second-order valence-electron chi connectivity index (χ2n) is 9.91. The molecule has 3 heteroatoms.